The largest absolute Gasteiger partial charge is 0.612 e. The summed E-state index contributed by atoms with van der Waals surface area (Å²) >= 11 is 0.665. The van der Waals surface area contributed by atoms with Crippen molar-refractivity contribution in [3.05, 3.63) is 40.3 Å². The lowest BCUT2D eigenvalue weighted by Crippen LogP contribution is -2.37. The number of methoxy groups -OCH3 is 1. The molecular weight excluding hydrogens is 372 g/mol. The normalized spacial score (nSPS) is 16.3. The number of piperidine rings is 1. The van der Waals surface area contributed by atoms with E-state index in [2.05, 4.69) is 0 Å². The number of amides is 1. The van der Waals surface area contributed by atoms with Crippen molar-refractivity contribution in [1.29, 1.82) is 0 Å². The van der Waals surface area contributed by atoms with Gasteiger partial charge in [-0.05, 0) is 48.3 Å². The van der Waals surface area contributed by atoms with Gasteiger partial charge in [-0.3, -0.25) is 0 Å². The van der Waals surface area contributed by atoms with E-state index >= 15 is 0 Å². The molecule has 0 radical (unpaired) electrons. The van der Waals surface area contributed by atoms with Gasteiger partial charge in [0.05, 0.1) is 17.8 Å². The molecule has 8 heteroatoms. The van der Waals surface area contributed by atoms with Gasteiger partial charge < -0.3 is 18.9 Å². The Hall–Kier alpha value is -1.77. The summed E-state index contributed by atoms with van der Waals surface area (Å²) in [7, 11) is 1.41. The van der Waals surface area contributed by atoms with Gasteiger partial charge in [0, 0.05) is 24.4 Å². The lowest BCUT2D eigenvalue weighted by molar-refractivity contribution is 0.112. The summed E-state index contributed by atoms with van der Waals surface area (Å²) in [6.45, 7) is 1.81. The summed E-state index contributed by atoms with van der Waals surface area (Å²) in [5, 5.41) is 3.13. The van der Waals surface area contributed by atoms with Crippen LogP contribution in [0.15, 0.2) is 34.5 Å². The minimum absolute atomic E-state index is 0.255. The Morgan fingerprint density at radius 2 is 2.04 bits per heavy atom. The maximum atomic E-state index is 11.5. The number of thiazole rings is 1. The van der Waals surface area contributed by atoms with E-state index in [0.29, 0.717) is 25.6 Å². The molecule has 1 amide bonds. The Kier molecular flexibility index (Phi) is 6.39. The first-order valence-electron chi connectivity index (χ1n) is 8.40. The van der Waals surface area contributed by atoms with Crippen LogP contribution < -0.4 is 4.74 Å². The fourth-order valence-corrected chi connectivity index (χ4v) is 4.39. The average molecular weight is 395 g/mol. The zero-order chi connectivity index (χ0) is 18.5. The molecular formula is C18H22N2O4S2. The Bertz CT molecular complexity index is 725. The zero-order valence-corrected chi connectivity index (χ0v) is 16.5. The van der Waals surface area contributed by atoms with Gasteiger partial charge in [-0.2, -0.15) is 0 Å². The third-order valence-corrected chi connectivity index (χ3v) is 6.38. The van der Waals surface area contributed by atoms with Gasteiger partial charge >= 0.3 is 6.09 Å². The standard InChI is InChI=1S/C18H22N2O4S2/c1-23-18(21)20-9-7-13(8-10-20)17-19-14(12-25-17)11-24-15-3-5-16(6-4-15)26(2)22/h3-6,12-13H,7-11H2,1-2H3. The van der Waals surface area contributed by atoms with Crippen LogP contribution in [0.1, 0.15) is 29.5 Å². The average Bonchev–Trinajstić information content (AvgIpc) is 3.15. The zero-order valence-electron chi connectivity index (χ0n) is 14.8. The highest BCUT2D eigenvalue weighted by molar-refractivity contribution is 7.90. The molecule has 1 aromatic heterocycles. The van der Waals surface area contributed by atoms with Crippen LogP contribution >= 0.6 is 11.3 Å². The molecule has 3 rings (SSSR count). The van der Waals surface area contributed by atoms with Crippen molar-refractivity contribution < 1.29 is 18.8 Å². The molecule has 2 aromatic rings. The Labute approximate surface area is 160 Å². The third kappa shape index (κ3) is 4.69. The van der Waals surface area contributed by atoms with Crippen molar-refractivity contribution in [2.24, 2.45) is 0 Å². The highest BCUT2D eigenvalue weighted by atomic mass is 32.2. The number of likely N-dealkylation sites (tertiary alicyclic amines) is 1. The van der Waals surface area contributed by atoms with E-state index in [4.69, 9.17) is 14.5 Å². The van der Waals surface area contributed by atoms with Gasteiger partial charge in [0.2, 0.25) is 0 Å². The first-order valence-corrected chi connectivity index (χ1v) is 10.8. The van der Waals surface area contributed by atoms with Crippen molar-refractivity contribution >= 4 is 28.6 Å². The van der Waals surface area contributed by atoms with Crippen molar-refractivity contribution in [3.63, 3.8) is 0 Å². The Morgan fingerprint density at radius 3 is 2.65 bits per heavy atom. The minimum atomic E-state index is -0.982. The molecule has 6 nitrogen and oxygen atoms in total. The second-order valence-corrected chi connectivity index (χ2v) is 8.39. The van der Waals surface area contributed by atoms with Crippen LogP contribution in [0.2, 0.25) is 0 Å². The van der Waals surface area contributed by atoms with Crippen molar-refractivity contribution in [1.82, 2.24) is 9.88 Å². The van der Waals surface area contributed by atoms with Crippen LogP contribution in [-0.4, -0.2) is 47.0 Å². The van der Waals surface area contributed by atoms with Gasteiger partial charge in [-0.25, -0.2) is 9.78 Å². The van der Waals surface area contributed by atoms with Crippen LogP contribution in [-0.2, 0) is 22.5 Å². The summed E-state index contributed by atoms with van der Waals surface area (Å²) in [5.41, 5.74) is 0.906. The number of rotatable bonds is 5. The molecule has 0 aliphatic carbocycles. The highest BCUT2D eigenvalue weighted by Crippen LogP contribution is 2.30. The highest BCUT2D eigenvalue weighted by Gasteiger charge is 2.26. The molecule has 26 heavy (non-hydrogen) atoms. The van der Waals surface area contributed by atoms with E-state index in [-0.39, 0.29) is 6.09 Å². The molecule has 0 spiro atoms. The van der Waals surface area contributed by atoms with E-state index in [1.54, 1.807) is 22.5 Å². The molecule has 0 bridgehead atoms. The Balaban J connectivity index is 1.51. The van der Waals surface area contributed by atoms with Crippen molar-refractivity contribution in [2.45, 2.75) is 30.3 Å². The van der Waals surface area contributed by atoms with E-state index in [1.165, 1.54) is 7.11 Å². The van der Waals surface area contributed by atoms with E-state index in [9.17, 15) is 9.35 Å². The van der Waals surface area contributed by atoms with E-state index in [0.717, 1.165) is 34.2 Å². The number of hydrogen-bond donors (Lipinski definition) is 0. The van der Waals surface area contributed by atoms with Crippen LogP contribution in [0.25, 0.3) is 0 Å². The second kappa shape index (κ2) is 8.75. The summed E-state index contributed by atoms with van der Waals surface area (Å²) in [4.78, 5) is 18.8. The van der Waals surface area contributed by atoms with Crippen molar-refractivity contribution in [3.8, 4) is 5.75 Å². The predicted molar refractivity (Wildman–Crippen MR) is 101 cm³/mol. The monoisotopic (exact) mass is 394 g/mol. The molecule has 1 fully saturated rings. The van der Waals surface area contributed by atoms with Crippen LogP contribution in [0.3, 0.4) is 0 Å². The molecule has 0 N–H and O–H groups in total. The molecule has 140 valence electrons. The van der Waals surface area contributed by atoms with Crippen molar-refractivity contribution in [2.75, 3.05) is 26.5 Å². The molecule has 1 unspecified atom stereocenters. The maximum Gasteiger partial charge on any atom is 0.409 e. The lowest BCUT2D eigenvalue weighted by Gasteiger charge is -2.29. The third-order valence-electron chi connectivity index (χ3n) is 4.39. The first kappa shape index (κ1) is 19.0. The molecule has 2 heterocycles. The summed E-state index contributed by atoms with van der Waals surface area (Å²) in [5.74, 6) is 1.12. The van der Waals surface area contributed by atoms with E-state index in [1.807, 2.05) is 29.6 Å². The first-order chi connectivity index (χ1) is 12.6. The number of hydrogen-bond acceptors (Lipinski definition) is 6. The van der Waals surface area contributed by atoms with Gasteiger partial charge in [0.15, 0.2) is 4.90 Å². The molecule has 1 aliphatic rings. The molecule has 1 aliphatic heterocycles. The Morgan fingerprint density at radius 1 is 1.35 bits per heavy atom. The lowest BCUT2D eigenvalue weighted by atomic mass is 9.98. The van der Waals surface area contributed by atoms with E-state index < -0.39 is 11.2 Å². The maximum absolute atomic E-state index is 11.5. The number of nitrogens with zero attached hydrogens (tertiary/aromatic N) is 2. The van der Waals surface area contributed by atoms with Gasteiger partial charge in [-0.1, -0.05) is 0 Å². The number of carbonyl (C=O) groups excluding carboxylic acids is 1. The fraction of sp³-hybridized carbons (Fsp3) is 0.444. The molecule has 1 atom stereocenters. The fourth-order valence-electron chi connectivity index (χ4n) is 2.90. The second-order valence-electron chi connectivity index (χ2n) is 6.12. The van der Waals surface area contributed by atoms with Gasteiger partial charge in [0.25, 0.3) is 0 Å². The predicted octanol–water partition coefficient (Wildman–Crippen LogP) is 3.41. The number of ether oxygens (including phenoxy) is 2. The smallest absolute Gasteiger partial charge is 0.409 e. The number of benzene rings is 1. The van der Waals surface area contributed by atoms with Crippen LogP contribution in [0, 0.1) is 0 Å². The molecule has 1 saturated heterocycles. The molecule has 1 aromatic carbocycles. The SMILES string of the molecule is COC(=O)N1CCC(c2nc(COc3ccc([S+](C)[O-])cc3)cs2)CC1. The summed E-state index contributed by atoms with van der Waals surface area (Å²) in [6, 6.07) is 7.28. The number of carbonyl (C=O) groups is 1. The number of aromatic nitrogens is 1. The summed E-state index contributed by atoms with van der Waals surface area (Å²) < 4.78 is 21.9. The van der Waals surface area contributed by atoms with Crippen LogP contribution in [0.5, 0.6) is 5.75 Å². The quantitative estimate of drug-likeness (QED) is 0.727. The topological polar surface area (TPSA) is 74.7 Å². The molecule has 0 saturated carbocycles. The van der Waals surface area contributed by atoms with Gasteiger partial charge in [0.1, 0.15) is 18.6 Å². The summed E-state index contributed by atoms with van der Waals surface area (Å²) in [6.07, 6.45) is 3.20. The minimum Gasteiger partial charge on any atom is -0.612 e. The van der Waals surface area contributed by atoms with Crippen LogP contribution in [0.4, 0.5) is 4.79 Å². The van der Waals surface area contributed by atoms with Gasteiger partial charge in [-0.15, -0.1) is 11.3 Å².